The van der Waals surface area contributed by atoms with Crippen molar-refractivity contribution in [2.45, 2.75) is 11.4 Å². The number of carbonyl (C=O) groups excluding carboxylic acids is 4. The van der Waals surface area contributed by atoms with Gasteiger partial charge in [0.1, 0.15) is 24.2 Å². The molecule has 2 atom stereocenters. The molecule has 4 heterocycles. The van der Waals surface area contributed by atoms with Gasteiger partial charge in [0.25, 0.3) is 16.9 Å². The first kappa shape index (κ1) is 27.3. The number of rotatable bonds is 8. The zero-order valence-corrected chi connectivity index (χ0v) is 22.8. The molecule has 1 saturated heterocycles. The SMILES string of the molecule is CON=C(C(=O)N[C@@H]1C(=O)N2C(C(=O)[O-])=C(CSC(=O)c3ccco3)CS[C@@H]12)c1csc(N)n1.[Na+]. The summed E-state index contributed by atoms with van der Waals surface area (Å²) in [6.45, 7) is 0. The Kier molecular flexibility index (Phi) is 9.06. The number of aliphatic carboxylic acids is 1. The molecule has 2 amide bonds. The molecule has 0 unspecified atom stereocenters. The molecular weight excluding hydrogens is 529 g/mol. The van der Waals surface area contributed by atoms with Crippen LogP contribution in [0.2, 0.25) is 0 Å². The number of β-lactam (4-membered cyclic amide) rings is 1. The van der Waals surface area contributed by atoms with E-state index in [2.05, 4.69) is 15.5 Å². The van der Waals surface area contributed by atoms with E-state index in [4.69, 9.17) is 15.0 Å². The quantitative estimate of drug-likeness (QED) is 0.146. The molecule has 2 aromatic heterocycles. The summed E-state index contributed by atoms with van der Waals surface area (Å²) in [6, 6.07) is 2.08. The topological polar surface area (TPSA) is 180 Å². The molecule has 0 aromatic carbocycles. The van der Waals surface area contributed by atoms with Crippen molar-refractivity contribution in [1.82, 2.24) is 15.2 Å². The fourth-order valence-electron chi connectivity index (χ4n) is 3.30. The van der Waals surface area contributed by atoms with Crippen LogP contribution in [-0.2, 0) is 19.2 Å². The van der Waals surface area contributed by atoms with Crippen molar-refractivity contribution in [3.8, 4) is 0 Å². The number of hydrogen-bond acceptors (Lipinski definition) is 13. The first-order valence-corrected chi connectivity index (χ1v) is 12.4. The Balaban J connectivity index is 0.00000342. The number of furan rings is 1. The first-order valence-electron chi connectivity index (χ1n) is 9.53. The molecule has 0 bridgehead atoms. The van der Waals surface area contributed by atoms with Crippen LogP contribution in [0, 0.1) is 0 Å². The molecule has 4 rings (SSSR count). The summed E-state index contributed by atoms with van der Waals surface area (Å²) in [5.41, 5.74) is 5.68. The maximum atomic E-state index is 12.8. The summed E-state index contributed by atoms with van der Waals surface area (Å²) >= 11 is 3.22. The normalized spacial score (nSPS) is 19.4. The molecule has 0 aliphatic carbocycles. The average Bonchev–Trinajstić information content (AvgIpc) is 3.50. The fourth-order valence-corrected chi connectivity index (χ4v) is 6.13. The summed E-state index contributed by atoms with van der Waals surface area (Å²) in [7, 11) is 1.25. The number of nitrogens with one attached hydrogen (secondary N) is 1. The minimum Gasteiger partial charge on any atom is -0.543 e. The van der Waals surface area contributed by atoms with Gasteiger partial charge in [-0.3, -0.25) is 19.3 Å². The molecule has 12 nitrogen and oxygen atoms in total. The molecule has 178 valence electrons. The predicted octanol–water partition coefficient (Wildman–Crippen LogP) is -3.35. The van der Waals surface area contributed by atoms with E-state index in [-0.39, 0.29) is 74.2 Å². The zero-order chi connectivity index (χ0) is 24.4. The Labute approximate surface area is 233 Å². The number of aromatic nitrogens is 1. The van der Waals surface area contributed by atoms with Crippen molar-refractivity contribution in [3.05, 3.63) is 46.5 Å². The molecule has 2 aromatic rings. The van der Waals surface area contributed by atoms with Gasteiger partial charge in [-0.05, 0) is 17.7 Å². The van der Waals surface area contributed by atoms with Crippen LogP contribution in [0.4, 0.5) is 5.13 Å². The van der Waals surface area contributed by atoms with Crippen molar-refractivity contribution < 1.29 is 63.1 Å². The second-order valence-corrected chi connectivity index (χ2v) is 9.79. The van der Waals surface area contributed by atoms with E-state index in [1.807, 2.05) is 0 Å². The van der Waals surface area contributed by atoms with Crippen LogP contribution < -0.4 is 45.7 Å². The number of carboxylic acid groups (broad SMARTS) is 1. The van der Waals surface area contributed by atoms with Crippen LogP contribution in [0.1, 0.15) is 16.2 Å². The molecule has 0 saturated carbocycles. The van der Waals surface area contributed by atoms with Gasteiger partial charge in [0.15, 0.2) is 16.6 Å². The van der Waals surface area contributed by atoms with Gasteiger partial charge in [0.2, 0.25) is 0 Å². The van der Waals surface area contributed by atoms with E-state index in [1.165, 1.54) is 36.6 Å². The molecule has 0 spiro atoms. The van der Waals surface area contributed by atoms with Crippen LogP contribution in [0.5, 0.6) is 0 Å². The van der Waals surface area contributed by atoms with Crippen LogP contribution in [0.25, 0.3) is 0 Å². The van der Waals surface area contributed by atoms with Crippen molar-refractivity contribution in [2.75, 3.05) is 24.3 Å². The molecule has 35 heavy (non-hydrogen) atoms. The minimum absolute atomic E-state index is 0. The average molecular weight is 546 g/mol. The number of carboxylic acids is 1. The first-order chi connectivity index (χ1) is 16.3. The number of hydrogen-bond donors (Lipinski definition) is 2. The Morgan fingerprint density at radius 3 is 2.83 bits per heavy atom. The Morgan fingerprint density at radius 2 is 2.23 bits per heavy atom. The second kappa shape index (κ2) is 11.6. The number of nitrogen functional groups attached to an aromatic ring is 1. The summed E-state index contributed by atoms with van der Waals surface area (Å²) in [5, 5.41) is 18.8. The third kappa shape index (κ3) is 5.59. The molecule has 16 heteroatoms. The van der Waals surface area contributed by atoms with E-state index >= 15 is 0 Å². The van der Waals surface area contributed by atoms with Crippen molar-refractivity contribution in [3.63, 3.8) is 0 Å². The smallest absolute Gasteiger partial charge is 0.543 e. The second-order valence-electron chi connectivity index (χ2n) is 6.85. The Bertz CT molecular complexity index is 1210. The number of anilines is 1. The Morgan fingerprint density at radius 1 is 1.46 bits per heavy atom. The third-order valence-corrected chi connectivity index (χ3v) is 7.76. The monoisotopic (exact) mass is 545 g/mol. The largest absolute Gasteiger partial charge is 1.00 e. The van der Waals surface area contributed by atoms with Gasteiger partial charge in [-0.15, -0.1) is 23.1 Å². The summed E-state index contributed by atoms with van der Waals surface area (Å²) < 4.78 is 5.04. The molecule has 3 N–H and O–H groups in total. The number of thiazole rings is 1. The maximum absolute atomic E-state index is 12.8. The van der Waals surface area contributed by atoms with E-state index in [0.29, 0.717) is 5.57 Å². The number of amides is 2. The van der Waals surface area contributed by atoms with Gasteiger partial charge in [0, 0.05) is 16.9 Å². The summed E-state index contributed by atoms with van der Waals surface area (Å²) in [5.74, 6) is -2.48. The van der Waals surface area contributed by atoms with Crippen LogP contribution in [-0.4, -0.2) is 68.5 Å². The number of nitrogens with two attached hydrogens (primary N) is 1. The maximum Gasteiger partial charge on any atom is 1.00 e. The van der Waals surface area contributed by atoms with Gasteiger partial charge in [0.05, 0.1) is 17.9 Å². The van der Waals surface area contributed by atoms with Crippen molar-refractivity contribution >= 4 is 68.6 Å². The third-order valence-electron chi connectivity index (χ3n) is 4.79. The number of fused-ring (bicyclic) bond motifs is 1. The van der Waals surface area contributed by atoms with E-state index in [1.54, 1.807) is 6.07 Å². The van der Waals surface area contributed by atoms with Crippen LogP contribution in [0.15, 0.2) is 44.6 Å². The molecule has 1 fully saturated rings. The van der Waals surface area contributed by atoms with E-state index in [0.717, 1.165) is 28.0 Å². The number of thioether (sulfide) groups is 2. The standard InChI is InChI=1S/C19H17N5O7S3.Na/c1-30-23-11(9-7-34-19(20)21-9)14(25)22-12-15(26)24-13(17(27)28)8(5-32-16(12)24)6-33-18(29)10-3-2-4-31-10;/h2-4,7,12,16H,5-6H2,1H3,(H2,20,21)(H,22,25)(H,27,28);/q;+1/p-1/t12-,16+;/m1./s1. The van der Waals surface area contributed by atoms with Crippen LogP contribution >= 0.6 is 34.9 Å². The Hall–Kier alpha value is -2.30. The van der Waals surface area contributed by atoms with Gasteiger partial charge in [-0.2, -0.15) is 0 Å². The van der Waals surface area contributed by atoms with E-state index in [9.17, 15) is 24.3 Å². The van der Waals surface area contributed by atoms with Crippen molar-refractivity contribution in [2.24, 2.45) is 5.16 Å². The predicted molar refractivity (Wildman–Crippen MR) is 123 cm³/mol. The molecule has 2 aliphatic rings. The minimum atomic E-state index is -1.54. The zero-order valence-electron chi connectivity index (χ0n) is 18.4. The summed E-state index contributed by atoms with van der Waals surface area (Å²) in [4.78, 5) is 59.4. The van der Waals surface area contributed by atoms with E-state index < -0.39 is 29.2 Å². The number of oxime groups is 1. The van der Waals surface area contributed by atoms with Gasteiger partial charge in [-0.25, -0.2) is 4.98 Å². The van der Waals surface area contributed by atoms with Gasteiger partial charge < -0.3 is 30.2 Å². The number of carbonyl (C=O) groups is 4. The molecule has 0 radical (unpaired) electrons. The van der Waals surface area contributed by atoms with Crippen molar-refractivity contribution in [1.29, 1.82) is 0 Å². The van der Waals surface area contributed by atoms with Gasteiger partial charge >= 0.3 is 29.6 Å². The molecular formula is C19H16N5NaO7S3. The molecule has 2 aliphatic heterocycles. The van der Waals surface area contributed by atoms with Gasteiger partial charge in [-0.1, -0.05) is 16.9 Å². The summed E-state index contributed by atoms with van der Waals surface area (Å²) in [6.07, 6.45) is 1.36. The number of nitrogens with zero attached hydrogens (tertiary/aromatic N) is 3. The fraction of sp³-hybridized carbons (Fsp3) is 0.263. The van der Waals surface area contributed by atoms with Crippen LogP contribution in [0.3, 0.4) is 0 Å².